The van der Waals surface area contributed by atoms with Crippen molar-refractivity contribution in [3.8, 4) is 33.8 Å². The van der Waals surface area contributed by atoms with E-state index in [-0.39, 0.29) is 36.7 Å². The van der Waals surface area contributed by atoms with Gasteiger partial charge in [-0.25, -0.2) is 0 Å². The zero-order valence-electron chi connectivity index (χ0n) is 33.3. The molecule has 0 aliphatic heterocycles. The zero-order valence-corrected chi connectivity index (χ0v) is 38.5. The van der Waals surface area contributed by atoms with Crippen LogP contribution in [0.2, 0.25) is 0 Å². The number of phenolic OH excluding ortho intramolecular Hbond substituents is 2. The van der Waals surface area contributed by atoms with E-state index >= 15 is 0 Å². The molecule has 0 aliphatic rings. The Morgan fingerprint density at radius 1 is 0.455 bits per heavy atom. The van der Waals surface area contributed by atoms with Crippen LogP contribution in [0, 0.1) is 13.8 Å². The van der Waals surface area contributed by atoms with Crippen LogP contribution in [0.25, 0.3) is 22.3 Å². The van der Waals surface area contributed by atoms with Gasteiger partial charge in [0.15, 0.2) is 0 Å². The van der Waals surface area contributed by atoms with Crippen molar-refractivity contribution in [2.45, 2.75) is 63.9 Å². The Kier molecular flexibility index (Phi) is 18.3. The maximum absolute atomic E-state index is 11.2. The first-order valence-corrected chi connectivity index (χ1v) is 20.8. The number of benzene rings is 6. The second-order valence-corrected chi connectivity index (χ2v) is 17.6. The topological polar surface area (TPSA) is 40.5 Å². The molecular weight excluding hydrogens is 875 g/mol. The number of hydrogen-bond acceptors (Lipinski definition) is 4. The summed E-state index contributed by atoms with van der Waals surface area (Å²) in [5.74, 6) is 4.23. The second-order valence-electron chi connectivity index (χ2n) is 15.4. The van der Waals surface area contributed by atoms with E-state index in [2.05, 4.69) is 104 Å². The van der Waals surface area contributed by atoms with E-state index in [1.54, 1.807) is 0 Å². The fourth-order valence-corrected chi connectivity index (χ4v) is 7.70. The first-order chi connectivity index (χ1) is 25.7. The molecule has 0 atom stereocenters. The summed E-state index contributed by atoms with van der Waals surface area (Å²) in [4.78, 5) is 0. The Balaban J connectivity index is 0.000000450. The van der Waals surface area contributed by atoms with Gasteiger partial charge in [0.25, 0.3) is 0 Å². The molecule has 0 saturated carbocycles. The Morgan fingerprint density at radius 3 is 1.00 bits per heavy atom. The van der Waals surface area contributed by atoms with E-state index in [9.17, 15) is 10.2 Å². The SMILES string of the molecule is CC(C)(C)c1cc(CSCCSCc2cc(C(C)(C)C)cc(-c3ccccc3)c2O)c(O)c(-c2ccccc2)c1.[CH2-]c1ccccc1.[CH2-]c1ccccc1.[Hf]. The van der Waals surface area contributed by atoms with Crippen LogP contribution in [0.15, 0.2) is 146 Å². The van der Waals surface area contributed by atoms with Crippen molar-refractivity contribution in [2.24, 2.45) is 0 Å². The molecule has 0 spiro atoms. The third-order valence-electron chi connectivity index (χ3n) is 8.85. The zero-order chi connectivity index (χ0) is 39.1. The Morgan fingerprint density at radius 2 is 0.745 bits per heavy atom. The first kappa shape index (κ1) is 45.6. The molecule has 0 radical (unpaired) electrons. The molecule has 0 unspecified atom stereocenters. The summed E-state index contributed by atoms with van der Waals surface area (Å²) in [7, 11) is 0. The van der Waals surface area contributed by atoms with Crippen molar-refractivity contribution in [3.63, 3.8) is 0 Å². The monoisotopic (exact) mass is 932 g/mol. The van der Waals surface area contributed by atoms with Crippen LogP contribution in [-0.2, 0) is 48.2 Å². The van der Waals surface area contributed by atoms with Gasteiger partial charge in [0.05, 0.1) is 0 Å². The van der Waals surface area contributed by atoms with Crippen LogP contribution < -0.4 is 0 Å². The Bertz CT molecular complexity index is 1850. The molecule has 6 aromatic rings. The van der Waals surface area contributed by atoms with Crippen LogP contribution in [-0.4, -0.2) is 21.7 Å². The summed E-state index contributed by atoms with van der Waals surface area (Å²) in [6.07, 6.45) is 0. The largest absolute Gasteiger partial charge is 0.507 e. The summed E-state index contributed by atoms with van der Waals surface area (Å²) in [5, 5.41) is 22.4. The van der Waals surface area contributed by atoms with Crippen LogP contribution in [0.1, 0.15) is 74.9 Å². The van der Waals surface area contributed by atoms with Crippen LogP contribution in [0.3, 0.4) is 0 Å². The molecule has 6 rings (SSSR count). The molecule has 55 heavy (non-hydrogen) atoms. The number of hydrogen-bond donors (Lipinski definition) is 2. The fraction of sp³-hybridized carbons (Fsp3) is 0.240. The molecule has 0 amide bonds. The van der Waals surface area contributed by atoms with Gasteiger partial charge in [-0.15, -0.1) is 24.3 Å². The van der Waals surface area contributed by atoms with Crippen molar-refractivity contribution in [2.75, 3.05) is 11.5 Å². The molecule has 0 fully saturated rings. The molecule has 2 N–H and O–H groups in total. The molecular formula is C50H56HfO2S2-2. The summed E-state index contributed by atoms with van der Waals surface area (Å²) >= 11 is 3.69. The standard InChI is InChI=1S/C36H42O2S2.2C7H7.Hf/c1-35(2,3)29-19-27(33(37)31(21-29)25-13-9-7-10-14-25)23-39-17-18-40-24-28-20-30(36(4,5)6)22-32(34(28)38)26-15-11-8-12-16-26;2*1-7-5-3-2-4-6-7;/h7-16,19-22,37-38H,17-18,23-24H2,1-6H3;2*2-6H,1H2;/q;2*-1;. The van der Waals surface area contributed by atoms with Gasteiger partial charge >= 0.3 is 0 Å². The van der Waals surface area contributed by atoms with Crippen molar-refractivity contribution in [1.82, 2.24) is 0 Å². The first-order valence-electron chi connectivity index (χ1n) is 18.5. The van der Waals surface area contributed by atoms with Gasteiger partial charge in [0.2, 0.25) is 0 Å². The van der Waals surface area contributed by atoms with Gasteiger partial charge in [-0.1, -0.05) is 126 Å². The molecule has 0 aliphatic carbocycles. The van der Waals surface area contributed by atoms with E-state index in [1.165, 1.54) is 11.1 Å². The van der Waals surface area contributed by atoms with Gasteiger partial charge in [0.1, 0.15) is 11.5 Å². The maximum Gasteiger partial charge on any atom is 0.127 e. The summed E-state index contributed by atoms with van der Waals surface area (Å²) in [5.41, 5.74) is 10.5. The molecule has 5 heteroatoms. The van der Waals surface area contributed by atoms with E-state index in [0.29, 0.717) is 11.5 Å². The van der Waals surface area contributed by atoms with Gasteiger partial charge in [-0.05, 0) is 45.2 Å². The average molecular weight is 932 g/mol. The van der Waals surface area contributed by atoms with Crippen LogP contribution >= 0.6 is 23.5 Å². The molecule has 2 nitrogen and oxygen atoms in total. The van der Waals surface area contributed by atoms with E-state index in [1.807, 2.05) is 121 Å². The predicted octanol–water partition coefficient (Wildman–Crippen LogP) is 13.9. The van der Waals surface area contributed by atoms with Gasteiger partial charge in [0, 0.05) is 71.1 Å². The molecule has 0 saturated heterocycles. The number of rotatable bonds is 9. The fourth-order valence-electron chi connectivity index (χ4n) is 5.59. The van der Waals surface area contributed by atoms with Crippen molar-refractivity contribution in [1.29, 1.82) is 0 Å². The van der Waals surface area contributed by atoms with Crippen LogP contribution in [0.4, 0.5) is 0 Å². The average Bonchev–Trinajstić information content (AvgIpc) is 3.15. The van der Waals surface area contributed by atoms with E-state index in [0.717, 1.165) is 67.5 Å². The molecule has 286 valence electrons. The molecule has 0 aromatic heterocycles. The molecule has 0 heterocycles. The Hall–Kier alpha value is -3.77. The van der Waals surface area contributed by atoms with Gasteiger partial charge in [-0.2, -0.15) is 72.8 Å². The van der Waals surface area contributed by atoms with Crippen molar-refractivity contribution < 1.29 is 36.1 Å². The maximum atomic E-state index is 11.2. The smallest absolute Gasteiger partial charge is 0.127 e. The number of phenols is 2. The van der Waals surface area contributed by atoms with Gasteiger partial charge < -0.3 is 10.2 Å². The van der Waals surface area contributed by atoms with Crippen molar-refractivity contribution in [3.05, 3.63) is 193 Å². The summed E-state index contributed by atoms with van der Waals surface area (Å²) in [6.45, 7) is 20.7. The predicted molar refractivity (Wildman–Crippen MR) is 239 cm³/mol. The number of thioether (sulfide) groups is 2. The summed E-state index contributed by atoms with van der Waals surface area (Å²) in [6, 6.07) is 48.7. The third-order valence-corrected chi connectivity index (χ3v) is 11.1. The Labute approximate surface area is 359 Å². The van der Waals surface area contributed by atoms with Crippen LogP contribution in [0.5, 0.6) is 11.5 Å². The minimum absolute atomic E-state index is 0. The van der Waals surface area contributed by atoms with E-state index in [4.69, 9.17) is 0 Å². The third kappa shape index (κ3) is 14.7. The van der Waals surface area contributed by atoms with E-state index < -0.39 is 0 Å². The van der Waals surface area contributed by atoms with Crippen molar-refractivity contribution >= 4 is 23.5 Å². The minimum Gasteiger partial charge on any atom is -0.507 e. The second kappa shape index (κ2) is 22.1. The van der Waals surface area contributed by atoms with Gasteiger partial charge in [-0.3, -0.25) is 0 Å². The molecule has 0 bridgehead atoms. The normalized spacial score (nSPS) is 10.9. The molecule has 6 aromatic carbocycles. The quantitative estimate of drug-likeness (QED) is 0.0861. The summed E-state index contributed by atoms with van der Waals surface area (Å²) < 4.78 is 0. The minimum atomic E-state index is -0.00526. The number of aromatic hydroxyl groups is 2.